The van der Waals surface area contributed by atoms with Crippen LogP contribution in [0.15, 0.2) is 53.2 Å². The number of hydrogen-bond acceptors (Lipinski definition) is 7. The minimum absolute atomic E-state index is 0.165. The van der Waals surface area contributed by atoms with E-state index in [0.29, 0.717) is 29.2 Å². The van der Waals surface area contributed by atoms with Gasteiger partial charge in [0.05, 0.1) is 12.2 Å². The number of esters is 2. The molecule has 0 spiro atoms. The molecule has 7 nitrogen and oxygen atoms in total. The molecule has 0 saturated heterocycles. The number of benzene rings is 2. The summed E-state index contributed by atoms with van der Waals surface area (Å²) in [5.74, 6) is 0.513. The van der Waals surface area contributed by atoms with E-state index in [0.717, 1.165) is 12.0 Å². The molecule has 142 valence electrons. The van der Waals surface area contributed by atoms with Crippen molar-refractivity contribution < 1.29 is 28.5 Å². The Balaban J connectivity index is 1.53. The Hall–Kier alpha value is -3.61. The summed E-state index contributed by atoms with van der Waals surface area (Å²) in [6.07, 6.45) is 2.37. The van der Waals surface area contributed by atoms with Crippen LogP contribution < -0.4 is 9.47 Å². The number of hydrogen-bond donors (Lipinski definition) is 0. The van der Waals surface area contributed by atoms with E-state index in [1.165, 1.54) is 0 Å². The van der Waals surface area contributed by atoms with E-state index in [1.807, 2.05) is 6.92 Å². The zero-order valence-corrected chi connectivity index (χ0v) is 15.1. The number of carbonyl (C=O) groups is 2. The smallest absolute Gasteiger partial charge is 0.363 e. The van der Waals surface area contributed by atoms with E-state index < -0.39 is 5.97 Å². The molecule has 0 aromatic heterocycles. The third kappa shape index (κ3) is 3.59. The van der Waals surface area contributed by atoms with Gasteiger partial charge in [0, 0.05) is 5.56 Å². The van der Waals surface area contributed by atoms with Gasteiger partial charge in [0.25, 0.3) is 0 Å². The summed E-state index contributed by atoms with van der Waals surface area (Å²) < 4.78 is 21.0. The first-order valence-corrected chi connectivity index (χ1v) is 8.84. The Morgan fingerprint density at radius 3 is 2.71 bits per heavy atom. The van der Waals surface area contributed by atoms with E-state index in [1.54, 1.807) is 48.5 Å². The minimum Gasteiger partial charge on any atom is -0.462 e. The lowest BCUT2D eigenvalue weighted by Gasteiger charge is -2.03. The maximum atomic E-state index is 12.2. The van der Waals surface area contributed by atoms with Gasteiger partial charge >= 0.3 is 11.9 Å². The van der Waals surface area contributed by atoms with E-state index >= 15 is 0 Å². The minimum atomic E-state index is -0.543. The molecule has 2 aromatic carbocycles. The lowest BCUT2D eigenvalue weighted by molar-refractivity contribution is -0.129. The Morgan fingerprint density at radius 2 is 1.93 bits per heavy atom. The summed E-state index contributed by atoms with van der Waals surface area (Å²) >= 11 is 0. The lowest BCUT2D eigenvalue weighted by atomic mass is 10.1. The number of nitrogens with zero attached hydrogens (tertiary/aromatic N) is 1. The molecule has 7 heteroatoms. The van der Waals surface area contributed by atoms with Crippen LogP contribution in [0.4, 0.5) is 0 Å². The molecule has 0 saturated carbocycles. The van der Waals surface area contributed by atoms with Gasteiger partial charge in [0.2, 0.25) is 12.7 Å². The molecule has 2 aliphatic rings. The summed E-state index contributed by atoms with van der Waals surface area (Å²) in [6.45, 7) is 2.48. The molecule has 2 aromatic rings. The van der Waals surface area contributed by atoms with Gasteiger partial charge in [0.15, 0.2) is 17.2 Å². The van der Waals surface area contributed by atoms with Gasteiger partial charge in [-0.25, -0.2) is 14.6 Å². The normalized spacial score (nSPS) is 16.1. The molecular weight excluding hydrogens is 362 g/mol. The molecule has 0 bridgehead atoms. The second-order valence-electron chi connectivity index (χ2n) is 6.16. The number of fused-ring (bicyclic) bond motifs is 1. The van der Waals surface area contributed by atoms with Crippen molar-refractivity contribution in [3.05, 3.63) is 64.9 Å². The van der Waals surface area contributed by atoms with Crippen LogP contribution in [0.2, 0.25) is 0 Å². The largest absolute Gasteiger partial charge is 0.462 e. The van der Waals surface area contributed by atoms with Gasteiger partial charge in [-0.1, -0.05) is 19.1 Å². The van der Waals surface area contributed by atoms with Crippen molar-refractivity contribution in [2.24, 2.45) is 4.99 Å². The number of rotatable bonds is 5. The van der Waals surface area contributed by atoms with E-state index in [-0.39, 0.29) is 24.4 Å². The summed E-state index contributed by atoms with van der Waals surface area (Å²) in [4.78, 5) is 28.3. The highest BCUT2D eigenvalue weighted by Crippen LogP contribution is 2.33. The predicted molar refractivity (Wildman–Crippen MR) is 100 cm³/mol. The van der Waals surface area contributed by atoms with Gasteiger partial charge < -0.3 is 18.9 Å². The summed E-state index contributed by atoms with van der Waals surface area (Å²) in [6, 6.07) is 11.9. The Kier molecular flexibility index (Phi) is 4.80. The van der Waals surface area contributed by atoms with Crippen LogP contribution in [0.5, 0.6) is 11.5 Å². The summed E-state index contributed by atoms with van der Waals surface area (Å²) in [5, 5.41) is 0. The molecule has 0 amide bonds. The van der Waals surface area contributed by atoms with E-state index in [2.05, 4.69) is 4.99 Å². The highest BCUT2D eigenvalue weighted by atomic mass is 16.7. The maximum Gasteiger partial charge on any atom is 0.363 e. The first-order valence-electron chi connectivity index (χ1n) is 8.84. The van der Waals surface area contributed by atoms with Crippen molar-refractivity contribution >= 4 is 23.9 Å². The second kappa shape index (κ2) is 7.56. The highest BCUT2D eigenvalue weighted by Gasteiger charge is 2.26. The average molecular weight is 379 g/mol. The lowest BCUT2D eigenvalue weighted by Crippen LogP contribution is -2.05. The standard InChI is InChI=1S/C21H17NO6/c1-2-9-25-20(23)14-5-3-13(4-6-14)10-16-21(24)28-19(22-16)15-7-8-17-18(11-15)27-12-26-17/h3-8,10-11H,2,9,12H2,1H3/b16-10-. The molecule has 4 rings (SSSR count). The average Bonchev–Trinajstić information content (AvgIpc) is 3.32. The van der Waals surface area contributed by atoms with Gasteiger partial charge in [0.1, 0.15) is 0 Å². The molecule has 0 fully saturated rings. The predicted octanol–water partition coefficient (Wildman–Crippen LogP) is 3.33. The fourth-order valence-corrected chi connectivity index (χ4v) is 2.71. The molecule has 2 heterocycles. The van der Waals surface area contributed by atoms with Gasteiger partial charge in [-0.2, -0.15) is 0 Å². The molecule has 0 unspecified atom stereocenters. The van der Waals surface area contributed by atoms with Crippen molar-refractivity contribution in [2.45, 2.75) is 13.3 Å². The molecule has 0 radical (unpaired) electrons. The number of cyclic esters (lactones) is 1. The zero-order valence-electron chi connectivity index (χ0n) is 15.1. The molecule has 2 aliphatic heterocycles. The number of ether oxygens (including phenoxy) is 4. The van der Waals surface area contributed by atoms with Crippen LogP contribution in [-0.2, 0) is 14.3 Å². The van der Waals surface area contributed by atoms with Crippen LogP contribution in [-0.4, -0.2) is 31.2 Å². The number of aliphatic imine (C=N–C) groups is 1. The fraction of sp³-hybridized carbons (Fsp3) is 0.190. The Bertz CT molecular complexity index is 990. The van der Waals surface area contributed by atoms with Crippen LogP contribution >= 0.6 is 0 Å². The number of carbonyl (C=O) groups excluding carboxylic acids is 2. The molecule has 0 N–H and O–H groups in total. The Morgan fingerprint density at radius 1 is 1.14 bits per heavy atom. The van der Waals surface area contributed by atoms with Gasteiger partial charge in [-0.15, -0.1) is 0 Å². The van der Waals surface area contributed by atoms with Gasteiger partial charge in [-0.3, -0.25) is 0 Å². The third-order valence-electron chi connectivity index (χ3n) is 4.13. The van der Waals surface area contributed by atoms with Crippen LogP contribution in [0.25, 0.3) is 6.08 Å². The van der Waals surface area contributed by atoms with Crippen molar-refractivity contribution in [2.75, 3.05) is 13.4 Å². The molecular formula is C21H17NO6. The van der Waals surface area contributed by atoms with E-state index in [4.69, 9.17) is 18.9 Å². The molecule has 0 atom stereocenters. The SMILES string of the molecule is CCCOC(=O)c1ccc(/C=C2\N=C(c3ccc4c(c3)OCO4)OC2=O)cc1. The van der Waals surface area contributed by atoms with Crippen LogP contribution in [0, 0.1) is 0 Å². The molecule has 28 heavy (non-hydrogen) atoms. The first-order chi connectivity index (χ1) is 13.6. The van der Waals surface area contributed by atoms with Gasteiger partial charge in [-0.05, 0) is 48.4 Å². The Labute approximate surface area is 161 Å². The van der Waals surface area contributed by atoms with Crippen LogP contribution in [0.3, 0.4) is 0 Å². The van der Waals surface area contributed by atoms with Crippen molar-refractivity contribution in [3.63, 3.8) is 0 Å². The van der Waals surface area contributed by atoms with Crippen molar-refractivity contribution in [3.8, 4) is 11.5 Å². The van der Waals surface area contributed by atoms with Crippen molar-refractivity contribution in [1.82, 2.24) is 0 Å². The second-order valence-corrected chi connectivity index (χ2v) is 6.16. The quantitative estimate of drug-likeness (QED) is 0.585. The summed E-state index contributed by atoms with van der Waals surface area (Å²) in [5.41, 5.74) is 1.97. The third-order valence-corrected chi connectivity index (χ3v) is 4.13. The van der Waals surface area contributed by atoms with Crippen molar-refractivity contribution in [1.29, 1.82) is 0 Å². The van der Waals surface area contributed by atoms with E-state index in [9.17, 15) is 9.59 Å². The topological polar surface area (TPSA) is 83.4 Å². The zero-order chi connectivity index (χ0) is 19.5. The highest BCUT2D eigenvalue weighted by molar-refractivity contribution is 6.13. The molecule has 0 aliphatic carbocycles. The van der Waals surface area contributed by atoms with Crippen LogP contribution in [0.1, 0.15) is 34.8 Å². The maximum absolute atomic E-state index is 12.2. The summed E-state index contributed by atoms with van der Waals surface area (Å²) in [7, 11) is 0. The monoisotopic (exact) mass is 379 g/mol. The first kappa shape index (κ1) is 17.8. The fourth-order valence-electron chi connectivity index (χ4n) is 2.71.